The van der Waals surface area contributed by atoms with Crippen LogP contribution in [0.1, 0.15) is 12.8 Å². The summed E-state index contributed by atoms with van der Waals surface area (Å²) in [4.78, 5) is 12.9. The number of aryl methyl sites for hydroxylation is 1. The maximum absolute atomic E-state index is 12.4. The molecule has 49 heavy (non-hydrogen) atoms. The Bertz CT molecular complexity index is 2260. The number of alkyl halides is 6. The number of rotatable bonds is 7. The first-order valence-electron chi connectivity index (χ1n) is 14.6. The van der Waals surface area contributed by atoms with Gasteiger partial charge < -0.3 is 24.5 Å². The van der Waals surface area contributed by atoms with Gasteiger partial charge in [0.1, 0.15) is 11.0 Å². The highest BCUT2D eigenvalue weighted by atomic mass is 35.5. The first kappa shape index (κ1) is 33.9. The Morgan fingerprint density at radius 3 is 1.84 bits per heavy atom. The summed E-state index contributed by atoms with van der Waals surface area (Å²) >= 11 is 11.9. The standard InChI is InChI=1S/C17H11ClF3N3O.C16H13ClF3N3O/c18-11-2-4-15-13(8-11)23-16(25-15)10-1-3-14-12(7-10)22-9-24(14)6-5-17(19,20)21;17-10-2-4-14-13(8-10)23-15(24-14)9-1-3-12(11(21)7-9)22-6-5-16(18,19)20/h1-4,7-9H,5-6H2;1-4,7-8,22H,5-6,21H2. The van der Waals surface area contributed by atoms with Crippen LogP contribution < -0.4 is 11.1 Å². The Hall–Kier alpha value is -4.95. The predicted molar refractivity (Wildman–Crippen MR) is 176 cm³/mol. The van der Waals surface area contributed by atoms with Crippen LogP contribution in [-0.2, 0) is 6.54 Å². The molecule has 16 heteroatoms. The number of imidazole rings is 1. The summed E-state index contributed by atoms with van der Waals surface area (Å²) in [7, 11) is 0. The number of nitrogens with one attached hydrogen (secondary N) is 1. The summed E-state index contributed by atoms with van der Waals surface area (Å²) in [5.74, 6) is 0.768. The molecule has 0 unspecified atom stereocenters. The van der Waals surface area contributed by atoms with Gasteiger partial charge in [-0.2, -0.15) is 26.3 Å². The van der Waals surface area contributed by atoms with Crippen molar-refractivity contribution >= 4 is 67.8 Å². The number of anilines is 2. The molecule has 0 saturated heterocycles. The summed E-state index contributed by atoms with van der Waals surface area (Å²) in [6.45, 7) is -0.408. The molecule has 3 aromatic heterocycles. The van der Waals surface area contributed by atoms with Gasteiger partial charge in [-0.25, -0.2) is 15.0 Å². The number of benzene rings is 4. The van der Waals surface area contributed by atoms with E-state index in [-0.39, 0.29) is 13.1 Å². The third-order valence-corrected chi connectivity index (χ3v) is 7.70. The smallest absolute Gasteiger partial charge is 0.390 e. The largest absolute Gasteiger partial charge is 0.436 e. The molecular formula is C33H24Cl2F6N6O2. The lowest BCUT2D eigenvalue weighted by atomic mass is 10.1. The fraction of sp³-hybridized carbons (Fsp3) is 0.182. The van der Waals surface area contributed by atoms with Crippen molar-refractivity contribution in [3.63, 3.8) is 0 Å². The van der Waals surface area contributed by atoms with E-state index in [2.05, 4.69) is 20.3 Å². The third kappa shape index (κ3) is 8.38. The molecule has 8 nitrogen and oxygen atoms in total. The van der Waals surface area contributed by atoms with Gasteiger partial charge in [0.2, 0.25) is 11.8 Å². The molecule has 7 aromatic rings. The molecule has 0 atom stereocenters. The van der Waals surface area contributed by atoms with Crippen LogP contribution in [-0.4, -0.2) is 38.4 Å². The minimum Gasteiger partial charge on any atom is -0.436 e. The van der Waals surface area contributed by atoms with Gasteiger partial charge in [-0.15, -0.1) is 0 Å². The zero-order chi connectivity index (χ0) is 34.9. The first-order chi connectivity index (χ1) is 23.2. The molecule has 0 aliphatic rings. The number of oxazole rings is 2. The molecule has 0 fully saturated rings. The highest BCUT2D eigenvalue weighted by Gasteiger charge is 2.27. The second-order valence-corrected chi connectivity index (χ2v) is 11.7. The van der Waals surface area contributed by atoms with Crippen molar-refractivity contribution in [2.24, 2.45) is 0 Å². The summed E-state index contributed by atoms with van der Waals surface area (Å²) in [6, 6.07) is 20.3. The van der Waals surface area contributed by atoms with Gasteiger partial charge in [0.25, 0.3) is 0 Å². The van der Waals surface area contributed by atoms with Gasteiger partial charge in [-0.3, -0.25) is 0 Å². The second kappa shape index (κ2) is 13.5. The lowest BCUT2D eigenvalue weighted by Gasteiger charge is -2.11. The molecular weight excluding hydrogens is 697 g/mol. The third-order valence-electron chi connectivity index (χ3n) is 7.23. The topological polar surface area (TPSA) is 108 Å². The molecule has 0 aliphatic carbocycles. The fourth-order valence-corrected chi connectivity index (χ4v) is 5.20. The minimum atomic E-state index is -4.21. The Morgan fingerprint density at radius 1 is 0.694 bits per heavy atom. The molecule has 3 N–H and O–H groups in total. The van der Waals surface area contributed by atoms with E-state index in [1.807, 2.05) is 0 Å². The van der Waals surface area contributed by atoms with Crippen LogP contribution in [0.25, 0.3) is 56.1 Å². The van der Waals surface area contributed by atoms with Crippen LogP contribution in [0.2, 0.25) is 10.0 Å². The maximum atomic E-state index is 12.4. The van der Waals surface area contributed by atoms with Crippen LogP contribution in [0.5, 0.6) is 0 Å². The van der Waals surface area contributed by atoms with E-state index in [9.17, 15) is 26.3 Å². The number of nitrogens with two attached hydrogens (primary N) is 1. The summed E-state index contributed by atoms with van der Waals surface area (Å²) in [5.41, 5.74) is 11.6. The van der Waals surface area contributed by atoms with E-state index in [1.54, 1.807) is 72.8 Å². The van der Waals surface area contributed by atoms with Crippen LogP contribution in [0.15, 0.2) is 88.0 Å². The molecule has 0 radical (unpaired) electrons. The van der Waals surface area contributed by atoms with Gasteiger partial charge in [0, 0.05) is 34.3 Å². The fourth-order valence-electron chi connectivity index (χ4n) is 4.87. The van der Waals surface area contributed by atoms with E-state index in [4.69, 9.17) is 37.8 Å². The lowest BCUT2D eigenvalue weighted by Crippen LogP contribution is -2.15. The predicted octanol–water partition coefficient (Wildman–Crippen LogP) is 10.5. The van der Waals surface area contributed by atoms with Crippen LogP contribution in [0.3, 0.4) is 0 Å². The molecule has 4 aromatic carbocycles. The number of nitrogens with zero attached hydrogens (tertiary/aromatic N) is 4. The molecule has 254 valence electrons. The summed E-state index contributed by atoms with van der Waals surface area (Å²) in [5, 5.41) is 3.78. The van der Waals surface area contributed by atoms with Crippen LogP contribution in [0, 0.1) is 0 Å². The average molecular weight is 721 g/mol. The van der Waals surface area contributed by atoms with E-state index >= 15 is 0 Å². The SMILES string of the molecule is FC(F)(F)CCn1cnc2cc(-c3nc4cc(Cl)ccc4o3)ccc21.Nc1cc(-c2nc3cc(Cl)ccc3o2)ccc1NCCC(F)(F)F. The number of hydrogen-bond acceptors (Lipinski definition) is 7. The Labute approximate surface area is 283 Å². The second-order valence-electron chi connectivity index (χ2n) is 10.9. The summed E-state index contributed by atoms with van der Waals surface area (Å²) < 4.78 is 86.5. The molecule has 0 amide bonds. The van der Waals surface area contributed by atoms with Crippen molar-refractivity contribution in [3.8, 4) is 22.9 Å². The zero-order valence-electron chi connectivity index (χ0n) is 25.0. The molecule has 0 aliphatic heterocycles. The number of hydrogen-bond donors (Lipinski definition) is 2. The number of aromatic nitrogens is 4. The van der Waals surface area contributed by atoms with Crippen LogP contribution in [0.4, 0.5) is 37.7 Å². The molecule has 3 heterocycles. The van der Waals surface area contributed by atoms with Gasteiger partial charge in [-0.1, -0.05) is 23.2 Å². The van der Waals surface area contributed by atoms with Crippen molar-refractivity contribution in [1.82, 2.24) is 19.5 Å². The van der Waals surface area contributed by atoms with Crippen molar-refractivity contribution in [3.05, 3.63) is 89.2 Å². The van der Waals surface area contributed by atoms with Crippen molar-refractivity contribution in [2.45, 2.75) is 31.7 Å². The highest BCUT2D eigenvalue weighted by Crippen LogP contribution is 2.31. The minimum absolute atomic E-state index is 0.166. The van der Waals surface area contributed by atoms with Crippen molar-refractivity contribution in [1.29, 1.82) is 0 Å². The maximum Gasteiger partial charge on any atom is 0.390 e. The molecule has 7 rings (SSSR count). The summed E-state index contributed by atoms with van der Waals surface area (Å²) in [6.07, 6.45) is -8.82. The van der Waals surface area contributed by atoms with E-state index in [1.165, 1.54) is 10.9 Å². The molecule has 0 saturated carbocycles. The number of nitrogen functional groups attached to an aromatic ring is 1. The Balaban J connectivity index is 0.000000170. The lowest BCUT2D eigenvalue weighted by molar-refractivity contribution is -0.136. The molecule has 0 bridgehead atoms. The Kier molecular flexibility index (Phi) is 9.36. The van der Waals surface area contributed by atoms with E-state index in [0.717, 1.165) is 0 Å². The van der Waals surface area contributed by atoms with Gasteiger partial charge in [0.05, 0.1) is 41.6 Å². The molecule has 0 spiro atoms. The van der Waals surface area contributed by atoms with E-state index in [0.29, 0.717) is 77.6 Å². The highest BCUT2D eigenvalue weighted by molar-refractivity contribution is 6.31. The van der Waals surface area contributed by atoms with Crippen LogP contribution >= 0.6 is 23.2 Å². The van der Waals surface area contributed by atoms with E-state index < -0.39 is 25.2 Å². The van der Waals surface area contributed by atoms with Gasteiger partial charge >= 0.3 is 12.4 Å². The Morgan fingerprint density at radius 2 is 1.27 bits per heavy atom. The first-order valence-corrected chi connectivity index (χ1v) is 15.3. The van der Waals surface area contributed by atoms with Gasteiger partial charge in [0.15, 0.2) is 11.2 Å². The monoisotopic (exact) mass is 720 g/mol. The quantitative estimate of drug-likeness (QED) is 0.125. The van der Waals surface area contributed by atoms with Crippen molar-refractivity contribution in [2.75, 3.05) is 17.6 Å². The average Bonchev–Trinajstić information content (AvgIpc) is 3.76. The van der Waals surface area contributed by atoms with Crippen molar-refractivity contribution < 1.29 is 35.2 Å². The number of fused-ring (bicyclic) bond motifs is 3. The van der Waals surface area contributed by atoms with Gasteiger partial charge in [-0.05, 0) is 72.8 Å². The number of halogens is 8. The normalized spacial score (nSPS) is 12.1. The zero-order valence-corrected chi connectivity index (χ0v) is 26.6.